The molecular formula is C12H11FN2O4S2. The standard InChI is InChI=1S/C12H11FN2O4S2/c13-11-4-3-10(8-12(11)15(16)17)21(18,19)14-6-5-9-2-1-7-20-9/h1-4,7-8,14H,5-6H2. The predicted molar refractivity (Wildman–Crippen MR) is 76.3 cm³/mol. The zero-order valence-electron chi connectivity index (χ0n) is 10.7. The average Bonchev–Trinajstić information content (AvgIpc) is 2.91. The number of sulfonamides is 1. The highest BCUT2D eigenvalue weighted by molar-refractivity contribution is 7.89. The summed E-state index contributed by atoms with van der Waals surface area (Å²) in [5.41, 5.74) is -0.865. The summed E-state index contributed by atoms with van der Waals surface area (Å²) in [6, 6.07) is 6.21. The van der Waals surface area contributed by atoms with Crippen molar-refractivity contribution < 1.29 is 17.7 Å². The Kier molecular flexibility index (Phi) is 4.66. The predicted octanol–water partition coefficient (Wildman–Crippen LogP) is 2.32. The second-order valence-corrected chi connectivity index (χ2v) is 6.90. The highest BCUT2D eigenvalue weighted by Gasteiger charge is 2.21. The van der Waals surface area contributed by atoms with Crippen molar-refractivity contribution in [2.45, 2.75) is 11.3 Å². The van der Waals surface area contributed by atoms with Crippen LogP contribution in [0.15, 0.2) is 40.6 Å². The van der Waals surface area contributed by atoms with Crippen LogP contribution in [0.25, 0.3) is 0 Å². The number of thiophene rings is 1. The second kappa shape index (κ2) is 6.29. The van der Waals surface area contributed by atoms with E-state index in [0.29, 0.717) is 12.5 Å². The molecule has 0 saturated carbocycles. The molecular weight excluding hydrogens is 319 g/mol. The molecule has 1 aromatic heterocycles. The van der Waals surface area contributed by atoms with Crippen LogP contribution in [-0.2, 0) is 16.4 Å². The zero-order chi connectivity index (χ0) is 15.5. The molecule has 0 aliphatic carbocycles. The van der Waals surface area contributed by atoms with E-state index in [9.17, 15) is 22.9 Å². The van der Waals surface area contributed by atoms with Gasteiger partial charge in [0, 0.05) is 17.5 Å². The van der Waals surface area contributed by atoms with E-state index in [0.717, 1.165) is 17.0 Å². The Hall–Kier alpha value is -1.84. The first kappa shape index (κ1) is 15.5. The van der Waals surface area contributed by atoms with Gasteiger partial charge in [-0.15, -0.1) is 11.3 Å². The number of hydrogen-bond acceptors (Lipinski definition) is 5. The number of nitrogens with zero attached hydrogens (tertiary/aromatic N) is 1. The number of halogens is 1. The summed E-state index contributed by atoms with van der Waals surface area (Å²) in [6.07, 6.45) is 0.514. The van der Waals surface area contributed by atoms with E-state index in [-0.39, 0.29) is 11.4 Å². The zero-order valence-corrected chi connectivity index (χ0v) is 12.3. The van der Waals surface area contributed by atoms with Crippen molar-refractivity contribution in [2.75, 3.05) is 6.54 Å². The summed E-state index contributed by atoms with van der Waals surface area (Å²) in [7, 11) is -3.90. The van der Waals surface area contributed by atoms with Gasteiger partial charge in [0.25, 0.3) is 0 Å². The molecule has 1 aromatic carbocycles. The Morgan fingerprint density at radius 3 is 2.71 bits per heavy atom. The summed E-state index contributed by atoms with van der Waals surface area (Å²) in [4.78, 5) is 10.3. The van der Waals surface area contributed by atoms with Crippen molar-refractivity contribution >= 4 is 27.0 Å². The average molecular weight is 330 g/mol. The van der Waals surface area contributed by atoms with Crippen molar-refractivity contribution in [1.29, 1.82) is 0 Å². The molecule has 0 atom stereocenters. The van der Waals surface area contributed by atoms with Gasteiger partial charge in [-0.3, -0.25) is 10.1 Å². The van der Waals surface area contributed by atoms with Gasteiger partial charge in [-0.2, -0.15) is 4.39 Å². The van der Waals surface area contributed by atoms with Crippen molar-refractivity contribution in [3.05, 3.63) is 56.5 Å². The molecule has 1 N–H and O–H groups in total. The monoisotopic (exact) mass is 330 g/mol. The Morgan fingerprint density at radius 2 is 2.10 bits per heavy atom. The van der Waals surface area contributed by atoms with Crippen molar-refractivity contribution in [3.8, 4) is 0 Å². The van der Waals surface area contributed by atoms with Gasteiger partial charge in [0.15, 0.2) is 0 Å². The molecule has 0 bridgehead atoms. The maximum atomic E-state index is 13.2. The summed E-state index contributed by atoms with van der Waals surface area (Å²) in [5.74, 6) is -1.07. The number of nitrogens with one attached hydrogen (secondary N) is 1. The largest absolute Gasteiger partial charge is 0.306 e. The lowest BCUT2D eigenvalue weighted by Gasteiger charge is -2.06. The summed E-state index contributed by atoms with van der Waals surface area (Å²) in [5, 5.41) is 12.5. The van der Waals surface area contributed by atoms with Crippen LogP contribution in [0.3, 0.4) is 0 Å². The maximum Gasteiger partial charge on any atom is 0.306 e. The third-order valence-corrected chi connectivity index (χ3v) is 5.06. The Morgan fingerprint density at radius 1 is 1.33 bits per heavy atom. The van der Waals surface area contributed by atoms with Crippen LogP contribution < -0.4 is 4.72 Å². The fourth-order valence-electron chi connectivity index (χ4n) is 1.65. The van der Waals surface area contributed by atoms with Gasteiger partial charge in [-0.1, -0.05) is 6.07 Å². The highest BCUT2D eigenvalue weighted by Crippen LogP contribution is 2.21. The molecule has 0 aliphatic heterocycles. The third-order valence-electron chi connectivity index (χ3n) is 2.67. The summed E-state index contributed by atoms with van der Waals surface area (Å²) in [6.45, 7) is 0.161. The second-order valence-electron chi connectivity index (χ2n) is 4.10. The lowest BCUT2D eigenvalue weighted by molar-refractivity contribution is -0.387. The third kappa shape index (κ3) is 3.84. The first-order chi connectivity index (χ1) is 9.90. The summed E-state index contributed by atoms with van der Waals surface area (Å²) >= 11 is 1.50. The quantitative estimate of drug-likeness (QED) is 0.650. The Balaban J connectivity index is 2.12. The Labute approximate surface area is 124 Å². The maximum absolute atomic E-state index is 13.2. The number of benzene rings is 1. The van der Waals surface area contributed by atoms with Crippen LogP contribution in [0.1, 0.15) is 4.88 Å². The Bertz CT molecular complexity index is 745. The topological polar surface area (TPSA) is 89.3 Å². The van der Waals surface area contributed by atoms with Crippen LogP contribution in [0.2, 0.25) is 0 Å². The molecule has 9 heteroatoms. The normalized spacial score (nSPS) is 11.5. The van der Waals surface area contributed by atoms with E-state index in [2.05, 4.69) is 4.72 Å². The van der Waals surface area contributed by atoms with Gasteiger partial charge >= 0.3 is 5.69 Å². The van der Waals surface area contributed by atoms with E-state index in [1.807, 2.05) is 17.5 Å². The van der Waals surface area contributed by atoms with Crippen molar-refractivity contribution in [3.63, 3.8) is 0 Å². The van der Waals surface area contributed by atoms with Crippen molar-refractivity contribution in [1.82, 2.24) is 4.72 Å². The van der Waals surface area contributed by atoms with E-state index >= 15 is 0 Å². The number of nitro groups is 1. The molecule has 21 heavy (non-hydrogen) atoms. The molecule has 6 nitrogen and oxygen atoms in total. The minimum atomic E-state index is -3.90. The van der Waals surface area contributed by atoms with Crippen LogP contribution in [0, 0.1) is 15.9 Å². The highest BCUT2D eigenvalue weighted by atomic mass is 32.2. The van der Waals surface area contributed by atoms with Crippen LogP contribution in [0.5, 0.6) is 0 Å². The first-order valence-corrected chi connectivity index (χ1v) is 8.22. The van der Waals surface area contributed by atoms with Crippen LogP contribution in [0.4, 0.5) is 10.1 Å². The van der Waals surface area contributed by atoms with Gasteiger partial charge < -0.3 is 0 Å². The van der Waals surface area contributed by atoms with E-state index in [1.54, 1.807) is 0 Å². The van der Waals surface area contributed by atoms with E-state index in [1.165, 1.54) is 11.3 Å². The fraction of sp³-hybridized carbons (Fsp3) is 0.167. The lowest BCUT2D eigenvalue weighted by atomic mass is 10.3. The van der Waals surface area contributed by atoms with Gasteiger partial charge in [-0.05, 0) is 30.0 Å². The van der Waals surface area contributed by atoms with Gasteiger partial charge in [0.2, 0.25) is 15.8 Å². The molecule has 0 saturated heterocycles. The molecule has 0 spiro atoms. The minimum Gasteiger partial charge on any atom is -0.258 e. The van der Waals surface area contributed by atoms with Gasteiger partial charge in [0.05, 0.1) is 9.82 Å². The number of nitro benzene ring substituents is 1. The summed E-state index contributed by atoms with van der Waals surface area (Å²) < 4.78 is 39.5. The van der Waals surface area contributed by atoms with Crippen LogP contribution in [-0.4, -0.2) is 19.9 Å². The lowest BCUT2D eigenvalue weighted by Crippen LogP contribution is -2.26. The molecule has 112 valence electrons. The van der Waals surface area contributed by atoms with Gasteiger partial charge in [0.1, 0.15) is 0 Å². The van der Waals surface area contributed by atoms with E-state index < -0.39 is 26.5 Å². The molecule has 2 rings (SSSR count). The molecule has 0 radical (unpaired) electrons. The van der Waals surface area contributed by atoms with Gasteiger partial charge in [-0.25, -0.2) is 13.1 Å². The molecule has 0 fully saturated rings. The van der Waals surface area contributed by atoms with E-state index in [4.69, 9.17) is 0 Å². The fourth-order valence-corrected chi connectivity index (χ4v) is 3.41. The molecule has 0 aliphatic rings. The smallest absolute Gasteiger partial charge is 0.258 e. The molecule has 2 aromatic rings. The first-order valence-electron chi connectivity index (χ1n) is 5.86. The molecule has 1 heterocycles. The molecule has 0 amide bonds. The number of rotatable bonds is 6. The molecule has 0 unspecified atom stereocenters. The van der Waals surface area contributed by atoms with Crippen LogP contribution >= 0.6 is 11.3 Å². The number of hydrogen-bond donors (Lipinski definition) is 1. The van der Waals surface area contributed by atoms with Crippen molar-refractivity contribution in [2.24, 2.45) is 0 Å². The minimum absolute atomic E-state index is 0.161. The SMILES string of the molecule is O=[N+]([O-])c1cc(S(=O)(=O)NCCc2cccs2)ccc1F.